The average Bonchev–Trinajstić information content (AvgIpc) is 3.07. The highest BCUT2D eigenvalue weighted by Crippen LogP contribution is 2.26. The number of rotatable bonds is 5. The molecule has 1 unspecified atom stereocenters. The van der Waals surface area contributed by atoms with Crippen molar-refractivity contribution in [2.24, 2.45) is 7.05 Å². The van der Waals surface area contributed by atoms with E-state index in [1.807, 2.05) is 60.3 Å². The number of fused-ring (bicyclic) bond motifs is 1. The minimum absolute atomic E-state index is 0.0973. The van der Waals surface area contributed by atoms with Gasteiger partial charge in [-0.05, 0) is 24.6 Å². The summed E-state index contributed by atoms with van der Waals surface area (Å²) in [4.78, 5) is 13.7. The first-order valence-electron chi connectivity index (χ1n) is 8.52. The Labute approximate surface area is 151 Å². The number of anilines is 3. The van der Waals surface area contributed by atoms with Crippen LogP contribution in [0.3, 0.4) is 0 Å². The quantitative estimate of drug-likeness (QED) is 0.565. The minimum atomic E-state index is 0.0973. The maximum absolute atomic E-state index is 4.69. The predicted molar refractivity (Wildman–Crippen MR) is 105 cm³/mol. The van der Waals surface area contributed by atoms with Crippen molar-refractivity contribution in [3.8, 4) is 0 Å². The Morgan fingerprint density at radius 1 is 0.962 bits per heavy atom. The SMILES string of the molecule is CC(Nc1nc(Nc2cn(C)cn2)c2ccccc2n1)c1ccccc1. The fraction of sp³-hybridized carbons (Fsp3) is 0.150. The van der Waals surface area contributed by atoms with Crippen LogP contribution in [0.4, 0.5) is 17.6 Å². The van der Waals surface area contributed by atoms with Crippen molar-refractivity contribution in [3.05, 3.63) is 72.7 Å². The third-order valence-corrected chi connectivity index (χ3v) is 4.20. The molecule has 0 saturated carbocycles. The van der Waals surface area contributed by atoms with E-state index in [4.69, 9.17) is 0 Å². The van der Waals surface area contributed by atoms with Crippen molar-refractivity contribution < 1.29 is 0 Å². The van der Waals surface area contributed by atoms with Crippen molar-refractivity contribution in [1.82, 2.24) is 19.5 Å². The summed E-state index contributed by atoms with van der Waals surface area (Å²) in [5, 5.41) is 7.65. The van der Waals surface area contributed by atoms with Crippen LogP contribution in [-0.4, -0.2) is 19.5 Å². The van der Waals surface area contributed by atoms with E-state index in [-0.39, 0.29) is 6.04 Å². The van der Waals surface area contributed by atoms with Crippen LogP contribution < -0.4 is 10.6 Å². The molecule has 6 nitrogen and oxygen atoms in total. The molecule has 0 aliphatic heterocycles. The molecule has 0 aliphatic carbocycles. The normalized spacial score (nSPS) is 12.1. The summed E-state index contributed by atoms with van der Waals surface area (Å²) in [6, 6.07) is 18.3. The number of aromatic nitrogens is 4. The van der Waals surface area contributed by atoms with Gasteiger partial charge in [0.25, 0.3) is 0 Å². The second-order valence-electron chi connectivity index (χ2n) is 6.24. The first-order chi connectivity index (χ1) is 12.7. The lowest BCUT2D eigenvalue weighted by Gasteiger charge is -2.16. The maximum Gasteiger partial charge on any atom is 0.225 e. The largest absolute Gasteiger partial charge is 0.348 e. The van der Waals surface area contributed by atoms with E-state index >= 15 is 0 Å². The van der Waals surface area contributed by atoms with Crippen molar-refractivity contribution in [2.45, 2.75) is 13.0 Å². The molecule has 4 rings (SSSR count). The number of hydrogen-bond donors (Lipinski definition) is 2. The number of benzene rings is 2. The molecule has 0 fully saturated rings. The van der Waals surface area contributed by atoms with Gasteiger partial charge in [-0.3, -0.25) is 0 Å². The molecule has 2 aromatic heterocycles. The highest BCUT2D eigenvalue weighted by Gasteiger charge is 2.11. The first kappa shape index (κ1) is 16.1. The van der Waals surface area contributed by atoms with E-state index in [2.05, 4.69) is 44.6 Å². The lowest BCUT2D eigenvalue weighted by Crippen LogP contribution is -2.10. The van der Waals surface area contributed by atoms with E-state index in [1.54, 1.807) is 6.33 Å². The summed E-state index contributed by atoms with van der Waals surface area (Å²) >= 11 is 0. The van der Waals surface area contributed by atoms with Gasteiger partial charge in [-0.1, -0.05) is 42.5 Å². The van der Waals surface area contributed by atoms with Crippen LogP contribution in [0.5, 0.6) is 0 Å². The molecule has 4 aromatic rings. The molecule has 130 valence electrons. The third kappa shape index (κ3) is 3.35. The summed E-state index contributed by atoms with van der Waals surface area (Å²) in [5.74, 6) is 2.06. The van der Waals surface area contributed by atoms with Gasteiger partial charge >= 0.3 is 0 Å². The Bertz CT molecular complexity index is 1020. The molecule has 0 amide bonds. The van der Waals surface area contributed by atoms with Gasteiger partial charge in [-0.25, -0.2) is 9.97 Å². The molecule has 6 heteroatoms. The predicted octanol–water partition coefficient (Wildman–Crippen LogP) is 4.28. The van der Waals surface area contributed by atoms with Crippen LogP contribution in [-0.2, 0) is 7.05 Å². The lowest BCUT2D eigenvalue weighted by molar-refractivity contribution is 0.864. The summed E-state index contributed by atoms with van der Waals surface area (Å²) in [7, 11) is 1.94. The smallest absolute Gasteiger partial charge is 0.225 e. The molecule has 2 aromatic carbocycles. The molecule has 2 heterocycles. The summed E-state index contributed by atoms with van der Waals surface area (Å²) < 4.78 is 1.89. The van der Waals surface area contributed by atoms with E-state index in [0.717, 1.165) is 22.5 Å². The monoisotopic (exact) mass is 344 g/mol. The van der Waals surface area contributed by atoms with Crippen LogP contribution >= 0.6 is 0 Å². The van der Waals surface area contributed by atoms with Gasteiger partial charge in [0.05, 0.1) is 17.9 Å². The molecular weight excluding hydrogens is 324 g/mol. The Kier molecular flexibility index (Phi) is 4.23. The maximum atomic E-state index is 4.69. The van der Waals surface area contributed by atoms with Gasteiger partial charge in [0.1, 0.15) is 11.6 Å². The lowest BCUT2D eigenvalue weighted by atomic mass is 10.1. The molecule has 0 aliphatic rings. The number of nitrogens with one attached hydrogen (secondary N) is 2. The zero-order valence-electron chi connectivity index (χ0n) is 14.7. The van der Waals surface area contributed by atoms with Crippen molar-refractivity contribution in [3.63, 3.8) is 0 Å². The van der Waals surface area contributed by atoms with Crippen molar-refractivity contribution in [1.29, 1.82) is 0 Å². The van der Waals surface area contributed by atoms with E-state index in [9.17, 15) is 0 Å². The van der Waals surface area contributed by atoms with Gasteiger partial charge in [-0.15, -0.1) is 0 Å². The van der Waals surface area contributed by atoms with Crippen LogP contribution in [0.15, 0.2) is 67.1 Å². The average molecular weight is 344 g/mol. The van der Waals surface area contributed by atoms with Gasteiger partial charge < -0.3 is 15.2 Å². The van der Waals surface area contributed by atoms with Gasteiger partial charge in [0, 0.05) is 18.6 Å². The standard InChI is InChI=1S/C20H20N6/c1-14(15-8-4-3-5-9-15)22-20-23-17-11-7-6-10-16(17)19(25-20)24-18-12-26(2)13-21-18/h3-14H,1-2H3,(H2,22,23,24,25). The second kappa shape index (κ2) is 6.84. The molecule has 0 radical (unpaired) electrons. The van der Waals surface area contributed by atoms with Crippen LogP contribution in [0.2, 0.25) is 0 Å². The number of nitrogens with zero attached hydrogens (tertiary/aromatic N) is 4. The number of hydrogen-bond acceptors (Lipinski definition) is 5. The van der Waals surface area contributed by atoms with E-state index in [1.165, 1.54) is 5.56 Å². The van der Waals surface area contributed by atoms with Gasteiger partial charge in [0.15, 0.2) is 0 Å². The molecule has 26 heavy (non-hydrogen) atoms. The van der Waals surface area contributed by atoms with E-state index < -0.39 is 0 Å². The Balaban J connectivity index is 1.69. The molecule has 1 atom stereocenters. The number of aryl methyl sites for hydroxylation is 1. The molecule has 0 saturated heterocycles. The highest BCUT2D eigenvalue weighted by atomic mass is 15.2. The van der Waals surface area contributed by atoms with Gasteiger partial charge in [-0.2, -0.15) is 4.98 Å². The zero-order valence-corrected chi connectivity index (χ0v) is 14.7. The molecule has 0 spiro atoms. The molecule has 0 bridgehead atoms. The number of para-hydroxylation sites is 1. The van der Waals surface area contributed by atoms with Crippen LogP contribution in [0, 0.1) is 0 Å². The highest BCUT2D eigenvalue weighted by molar-refractivity contribution is 5.91. The molecule has 2 N–H and O–H groups in total. The third-order valence-electron chi connectivity index (χ3n) is 4.20. The van der Waals surface area contributed by atoms with E-state index in [0.29, 0.717) is 5.95 Å². The number of imidazole rings is 1. The molecular formula is C20H20N6. The van der Waals surface area contributed by atoms with Crippen LogP contribution in [0.1, 0.15) is 18.5 Å². The fourth-order valence-electron chi connectivity index (χ4n) is 2.85. The van der Waals surface area contributed by atoms with Crippen molar-refractivity contribution in [2.75, 3.05) is 10.6 Å². The Morgan fingerprint density at radius 3 is 2.50 bits per heavy atom. The minimum Gasteiger partial charge on any atom is -0.348 e. The fourth-order valence-corrected chi connectivity index (χ4v) is 2.85. The van der Waals surface area contributed by atoms with Gasteiger partial charge in [0.2, 0.25) is 5.95 Å². The topological polar surface area (TPSA) is 67.7 Å². The first-order valence-corrected chi connectivity index (χ1v) is 8.52. The second-order valence-corrected chi connectivity index (χ2v) is 6.24. The summed E-state index contributed by atoms with van der Waals surface area (Å²) in [6.45, 7) is 2.10. The van der Waals surface area contributed by atoms with Crippen LogP contribution in [0.25, 0.3) is 10.9 Å². The summed E-state index contributed by atoms with van der Waals surface area (Å²) in [6.07, 6.45) is 3.67. The Morgan fingerprint density at radius 2 is 1.73 bits per heavy atom. The Hall–Kier alpha value is -3.41. The van der Waals surface area contributed by atoms with Crippen molar-refractivity contribution >= 4 is 28.5 Å². The zero-order chi connectivity index (χ0) is 17.9. The summed E-state index contributed by atoms with van der Waals surface area (Å²) in [5.41, 5.74) is 2.06.